The van der Waals surface area contributed by atoms with Crippen LogP contribution in [0.4, 0.5) is 16.5 Å². The van der Waals surface area contributed by atoms with Crippen molar-refractivity contribution in [3.8, 4) is 6.07 Å². The minimum Gasteiger partial charge on any atom is -0.336 e. The minimum absolute atomic E-state index is 0.430. The lowest BCUT2D eigenvalue weighted by atomic mass is 10.1. The third-order valence-corrected chi connectivity index (χ3v) is 3.54. The molecule has 0 spiro atoms. The number of rotatable bonds is 4. The third kappa shape index (κ3) is 2.87. The lowest BCUT2D eigenvalue weighted by molar-refractivity contribution is -0.654. The first kappa shape index (κ1) is 13.8. The predicted molar refractivity (Wildman–Crippen MR) is 78.0 cm³/mol. The Kier molecular flexibility index (Phi) is 4.17. The van der Waals surface area contributed by atoms with Gasteiger partial charge in [0.2, 0.25) is 0 Å². The second-order valence-electron chi connectivity index (χ2n) is 4.05. The van der Waals surface area contributed by atoms with E-state index in [2.05, 4.69) is 16.3 Å². The van der Waals surface area contributed by atoms with Crippen molar-refractivity contribution in [1.29, 1.82) is 10.7 Å². The van der Waals surface area contributed by atoms with Gasteiger partial charge >= 0.3 is 5.13 Å². The number of nitrogens with zero attached hydrogens (tertiary/aromatic N) is 5. The summed E-state index contributed by atoms with van der Waals surface area (Å²) >= 11 is 1.48. The number of nitriles is 1. The van der Waals surface area contributed by atoms with E-state index in [0.717, 1.165) is 10.8 Å². The smallest absolute Gasteiger partial charge is 0.336 e. The second kappa shape index (κ2) is 6.04. The summed E-state index contributed by atoms with van der Waals surface area (Å²) in [7, 11) is 3.63. The zero-order chi connectivity index (χ0) is 14.5. The molecule has 0 amide bonds. The van der Waals surface area contributed by atoms with Gasteiger partial charge in [0, 0.05) is 18.1 Å². The second-order valence-corrected chi connectivity index (χ2v) is 4.92. The van der Waals surface area contributed by atoms with Crippen LogP contribution in [-0.2, 0) is 7.05 Å². The highest BCUT2D eigenvalue weighted by atomic mass is 32.1. The Hall–Kier alpha value is -2.59. The quantitative estimate of drug-likeness (QED) is 0.405. The normalized spacial score (nSPS) is 10.4. The van der Waals surface area contributed by atoms with Crippen LogP contribution in [0.1, 0.15) is 5.56 Å². The van der Waals surface area contributed by atoms with Gasteiger partial charge in [0.15, 0.2) is 0 Å². The molecule has 1 N–H and O–H groups in total. The Labute approximate surface area is 120 Å². The van der Waals surface area contributed by atoms with Crippen LogP contribution >= 0.6 is 11.3 Å². The van der Waals surface area contributed by atoms with E-state index >= 15 is 0 Å². The molecule has 0 aliphatic rings. The Morgan fingerprint density at radius 2 is 2.25 bits per heavy atom. The SMILES string of the molecule is CN(C=N)c1ccc(N=Nc2scc[n+]2C)c(C#N)c1. The lowest BCUT2D eigenvalue weighted by Gasteiger charge is -2.12. The molecule has 1 heterocycles. The molecule has 0 fully saturated rings. The standard InChI is InChI=1S/C13H13N6S/c1-18-5-6-20-13(18)17-16-12-4-3-11(19(2)9-15)7-10(12)8-14/h3-7,9,15H,1-2H3/q+1. The van der Waals surface area contributed by atoms with Gasteiger partial charge in [0.05, 0.1) is 24.1 Å². The van der Waals surface area contributed by atoms with Gasteiger partial charge in [0.25, 0.3) is 0 Å². The van der Waals surface area contributed by atoms with E-state index in [4.69, 9.17) is 5.41 Å². The molecule has 0 saturated carbocycles. The fraction of sp³-hybridized carbons (Fsp3) is 0.154. The van der Waals surface area contributed by atoms with Gasteiger partial charge in [-0.15, -0.1) is 0 Å². The van der Waals surface area contributed by atoms with Crippen LogP contribution in [0.25, 0.3) is 0 Å². The van der Waals surface area contributed by atoms with E-state index in [0.29, 0.717) is 11.3 Å². The number of thiazole rings is 1. The monoisotopic (exact) mass is 285 g/mol. The first-order chi connectivity index (χ1) is 9.65. The molecule has 0 unspecified atom stereocenters. The Morgan fingerprint density at radius 3 is 2.85 bits per heavy atom. The Balaban J connectivity index is 2.34. The number of aromatic nitrogens is 1. The van der Waals surface area contributed by atoms with E-state index in [1.54, 1.807) is 30.1 Å². The van der Waals surface area contributed by atoms with Gasteiger partial charge in [-0.1, -0.05) is 0 Å². The number of benzene rings is 1. The molecule has 6 nitrogen and oxygen atoms in total. The first-order valence-corrected chi connectivity index (χ1v) is 6.66. The van der Waals surface area contributed by atoms with E-state index < -0.39 is 0 Å². The average molecular weight is 285 g/mol. The number of aryl methyl sites for hydroxylation is 1. The van der Waals surface area contributed by atoms with Crippen LogP contribution < -0.4 is 9.47 Å². The summed E-state index contributed by atoms with van der Waals surface area (Å²) in [6, 6.07) is 7.32. The molecule has 2 aromatic rings. The van der Waals surface area contributed by atoms with Crippen molar-refractivity contribution >= 4 is 34.2 Å². The topological polar surface area (TPSA) is 79.5 Å². The summed E-state index contributed by atoms with van der Waals surface area (Å²) in [5.41, 5.74) is 1.71. The van der Waals surface area contributed by atoms with Crippen LogP contribution in [0.2, 0.25) is 0 Å². The summed E-state index contributed by atoms with van der Waals surface area (Å²) in [6.45, 7) is 0. The maximum Gasteiger partial charge on any atom is 0.408 e. The van der Waals surface area contributed by atoms with Gasteiger partial charge in [-0.05, 0) is 34.7 Å². The summed E-state index contributed by atoms with van der Waals surface area (Å²) in [5, 5.41) is 27.3. The predicted octanol–water partition coefficient (Wildman–Crippen LogP) is 2.90. The number of hydrogen-bond donors (Lipinski definition) is 1. The molecule has 0 bridgehead atoms. The van der Waals surface area contributed by atoms with Gasteiger partial charge in [-0.3, -0.25) is 5.41 Å². The van der Waals surface area contributed by atoms with Crippen molar-refractivity contribution in [3.63, 3.8) is 0 Å². The number of anilines is 1. The van der Waals surface area contributed by atoms with Gasteiger partial charge in [-0.2, -0.15) is 5.26 Å². The van der Waals surface area contributed by atoms with E-state index in [1.165, 1.54) is 17.7 Å². The van der Waals surface area contributed by atoms with Crippen LogP contribution in [0.5, 0.6) is 0 Å². The lowest BCUT2D eigenvalue weighted by Crippen LogP contribution is -2.23. The van der Waals surface area contributed by atoms with E-state index in [-0.39, 0.29) is 0 Å². The highest BCUT2D eigenvalue weighted by Crippen LogP contribution is 2.26. The fourth-order valence-corrected chi connectivity index (χ4v) is 2.20. The Morgan fingerprint density at radius 1 is 1.45 bits per heavy atom. The average Bonchev–Trinajstić information content (AvgIpc) is 2.89. The molecule has 100 valence electrons. The summed E-state index contributed by atoms with van der Waals surface area (Å²) in [5.74, 6) is 0. The zero-order valence-electron chi connectivity index (χ0n) is 11.1. The maximum atomic E-state index is 9.18. The van der Waals surface area contributed by atoms with Gasteiger partial charge in [0.1, 0.15) is 18.0 Å². The largest absolute Gasteiger partial charge is 0.408 e. The fourth-order valence-electron chi connectivity index (χ4n) is 1.51. The number of azo groups is 1. The molecular weight excluding hydrogens is 272 g/mol. The van der Waals surface area contributed by atoms with Crippen LogP contribution in [0.3, 0.4) is 0 Å². The van der Waals surface area contributed by atoms with Crippen molar-refractivity contribution in [2.24, 2.45) is 17.3 Å². The molecule has 1 aromatic carbocycles. The molecule has 0 atom stereocenters. The van der Waals surface area contributed by atoms with Gasteiger partial charge in [-0.25, -0.2) is 4.57 Å². The highest BCUT2D eigenvalue weighted by Gasteiger charge is 2.10. The summed E-state index contributed by atoms with van der Waals surface area (Å²) in [6.07, 6.45) is 3.08. The van der Waals surface area contributed by atoms with Gasteiger partial charge < -0.3 is 4.90 Å². The minimum atomic E-state index is 0.430. The molecule has 7 heteroatoms. The van der Waals surface area contributed by atoms with Crippen molar-refractivity contribution in [2.75, 3.05) is 11.9 Å². The number of nitrogens with one attached hydrogen (secondary N) is 1. The van der Waals surface area contributed by atoms with Crippen molar-refractivity contribution in [2.45, 2.75) is 0 Å². The Bertz CT molecular complexity index is 697. The van der Waals surface area contributed by atoms with Crippen LogP contribution in [-0.4, -0.2) is 13.4 Å². The molecule has 0 aliphatic heterocycles. The van der Waals surface area contributed by atoms with Crippen molar-refractivity contribution in [1.82, 2.24) is 0 Å². The molecule has 0 aliphatic carbocycles. The van der Waals surface area contributed by atoms with Crippen molar-refractivity contribution in [3.05, 3.63) is 35.3 Å². The van der Waals surface area contributed by atoms with Crippen LogP contribution in [0.15, 0.2) is 40.0 Å². The summed E-state index contributed by atoms with van der Waals surface area (Å²) < 4.78 is 1.86. The maximum absolute atomic E-state index is 9.18. The molecule has 0 radical (unpaired) electrons. The first-order valence-electron chi connectivity index (χ1n) is 5.78. The summed E-state index contributed by atoms with van der Waals surface area (Å²) in [4.78, 5) is 1.61. The highest BCUT2D eigenvalue weighted by molar-refractivity contribution is 7.12. The molecular formula is C13H13N6S+. The molecule has 20 heavy (non-hydrogen) atoms. The third-order valence-electron chi connectivity index (χ3n) is 2.70. The molecule has 1 aromatic heterocycles. The zero-order valence-corrected chi connectivity index (χ0v) is 11.9. The molecule has 2 rings (SSSR count). The van der Waals surface area contributed by atoms with E-state index in [9.17, 15) is 5.26 Å². The van der Waals surface area contributed by atoms with Crippen molar-refractivity contribution < 1.29 is 4.57 Å². The van der Waals surface area contributed by atoms with E-state index in [1.807, 2.05) is 23.2 Å². The molecule has 0 saturated heterocycles. The number of hydrogen-bond acceptors (Lipinski definition) is 5. The van der Waals surface area contributed by atoms with Crippen LogP contribution in [0, 0.1) is 16.7 Å².